The van der Waals surface area contributed by atoms with Crippen LogP contribution in [0.4, 0.5) is 0 Å². The van der Waals surface area contributed by atoms with Crippen molar-refractivity contribution in [1.29, 1.82) is 0 Å². The minimum Gasteiger partial charge on any atom is -0.481 e. The Labute approximate surface area is 117 Å². The summed E-state index contributed by atoms with van der Waals surface area (Å²) >= 11 is 1.53. The smallest absolute Gasteiger partial charge is 0.306 e. The van der Waals surface area contributed by atoms with E-state index in [1.165, 1.54) is 16.2 Å². The lowest BCUT2D eigenvalue weighted by molar-refractivity contribution is -0.142. The topological polar surface area (TPSA) is 57.6 Å². The van der Waals surface area contributed by atoms with Gasteiger partial charge in [-0.25, -0.2) is 0 Å². The first-order valence-electron chi connectivity index (χ1n) is 6.70. The van der Waals surface area contributed by atoms with Crippen LogP contribution in [0.2, 0.25) is 0 Å². The number of aliphatic carboxylic acids is 1. The molecule has 5 heteroatoms. The third-order valence-corrected chi connectivity index (χ3v) is 4.92. The number of aryl methyl sites for hydroxylation is 1. The lowest BCUT2D eigenvalue weighted by Gasteiger charge is -2.17. The largest absolute Gasteiger partial charge is 0.481 e. The van der Waals surface area contributed by atoms with Crippen molar-refractivity contribution in [3.63, 3.8) is 0 Å². The third kappa shape index (κ3) is 2.81. The van der Waals surface area contributed by atoms with Gasteiger partial charge < -0.3 is 10.0 Å². The summed E-state index contributed by atoms with van der Waals surface area (Å²) in [6.07, 6.45) is 2.02. The maximum Gasteiger partial charge on any atom is 0.306 e. The number of nitrogens with zero attached hydrogens (tertiary/aromatic N) is 1. The molecule has 0 radical (unpaired) electrons. The Balaban J connectivity index is 2.19. The Bertz CT molecular complexity index is 491. The van der Waals surface area contributed by atoms with Gasteiger partial charge in [0.15, 0.2) is 0 Å². The van der Waals surface area contributed by atoms with Crippen LogP contribution >= 0.6 is 11.3 Å². The maximum atomic E-state index is 12.3. The van der Waals surface area contributed by atoms with Gasteiger partial charge in [0.05, 0.1) is 10.8 Å². The molecule has 0 aliphatic heterocycles. The zero-order valence-corrected chi connectivity index (χ0v) is 12.1. The van der Waals surface area contributed by atoms with Gasteiger partial charge in [-0.2, -0.15) is 0 Å². The van der Waals surface area contributed by atoms with Gasteiger partial charge in [-0.05, 0) is 44.7 Å². The molecule has 1 N–H and O–H groups in total. The average Bonchev–Trinajstić information content (AvgIpc) is 2.82. The second-order valence-corrected chi connectivity index (χ2v) is 5.95. The minimum atomic E-state index is -0.728. The van der Waals surface area contributed by atoms with Crippen molar-refractivity contribution in [2.24, 2.45) is 5.92 Å². The zero-order valence-electron chi connectivity index (χ0n) is 11.3. The van der Waals surface area contributed by atoms with Crippen LogP contribution in [0.15, 0.2) is 6.07 Å². The number of carbonyl (C=O) groups excluding carboxylic acids is 1. The first-order valence-corrected chi connectivity index (χ1v) is 7.52. The monoisotopic (exact) mass is 281 g/mol. The van der Waals surface area contributed by atoms with E-state index in [9.17, 15) is 9.59 Å². The van der Waals surface area contributed by atoms with E-state index >= 15 is 0 Å². The summed E-state index contributed by atoms with van der Waals surface area (Å²) in [7, 11) is 0. The second-order valence-electron chi connectivity index (χ2n) is 4.81. The minimum absolute atomic E-state index is 0.0660. The molecule has 4 nitrogen and oxygen atoms in total. The van der Waals surface area contributed by atoms with E-state index in [1.807, 2.05) is 19.9 Å². The molecule has 0 saturated carbocycles. The maximum absolute atomic E-state index is 12.3. The van der Waals surface area contributed by atoms with Gasteiger partial charge in [0.1, 0.15) is 0 Å². The Morgan fingerprint density at radius 3 is 2.68 bits per heavy atom. The van der Waals surface area contributed by atoms with Crippen molar-refractivity contribution >= 4 is 23.2 Å². The molecule has 1 aliphatic carbocycles. The second kappa shape index (κ2) is 5.74. The van der Waals surface area contributed by atoms with Gasteiger partial charge in [0.25, 0.3) is 5.91 Å². The molecular weight excluding hydrogens is 262 g/mol. The fraction of sp³-hybridized carbons (Fsp3) is 0.571. The number of carboxylic acid groups (broad SMARTS) is 1. The molecule has 1 atom stereocenters. The number of thiophene rings is 1. The van der Waals surface area contributed by atoms with Crippen LogP contribution in [0.1, 0.15) is 40.4 Å². The summed E-state index contributed by atoms with van der Waals surface area (Å²) in [6, 6.07) is 1.90. The SMILES string of the molecule is CCN(CC)C(=O)c1cc2c(s1)CC[C@H](C(=O)O)C2. The van der Waals surface area contributed by atoms with Crippen molar-refractivity contribution in [2.45, 2.75) is 33.1 Å². The highest BCUT2D eigenvalue weighted by molar-refractivity contribution is 7.14. The standard InChI is InChI=1S/C14H19NO3S/c1-3-15(4-2)13(16)12-8-10-7-9(14(17)18)5-6-11(10)19-12/h8-9H,3-7H2,1-2H3,(H,17,18)/t9-/m0/s1. The predicted molar refractivity (Wildman–Crippen MR) is 74.7 cm³/mol. The molecule has 0 aromatic carbocycles. The Morgan fingerprint density at radius 2 is 2.11 bits per heavy atom. The Morgan fingerprint density at radius 1 is 1.42 bits per heavy atom. The first-order chi connectivity index (χ1) is 9.06. The van der Waals surface area contributed by atoms with Crippen LogP contribution in [0, 0.1) is 5.92 Å². The van der Waals surface area contributed by atoms with E-state index in [-0.39, 0.29) is 11.8 Å². The molecule has 1 heterocycles. The summed E-state index contributed by atoms with van der Waals surface area (Å²) in [5.74, 6) is -0.955. The average molecular weight is 281 g/mol. The van der Waals surface area contributed by atoms with Gasteiger partial charge in [0, 0.05) is 18.0 Å². The number of fused-ring (bicyclic) bond motifs is 1. The molecule has 0 unspecified atom stereocenters. The van der Waals surface area contributed by atoms with Crippen molar-refractivity contribution in [3.8, 4) is 0 Å². The molecule has 1 amide bonds. The molecule has 0 spiro atoms. The highest BCUT2D eigenvalue weighted by atomic mass is 32.1. The summed E-state index contributed by atoms with van der Waals surface area (Å²) in [5, 5.41) is 9.07. The lowest BCUT2D eigenvalue weighted by Crippen LogP contribution is -2.29. The van der Waals surface area contributed by atoms with E-state index in [4.69, 9.17) is 5.11 Å². The van der Waals surface area contributed by atoms with Gasteiger partial charge in [-0.3, -0.25) is 9.59 Å². The molecule has 19 heavy (non-hydrogen) atoms. The molecule has 1 aliphatic rings. The van der Waals surface area contributed by atoms with E-state index in [0.717, 1.165) is 16.9 Å². The molecular formula is C14H19NO3S. The fourth-order valence-electron chi connectivity index (χ4n) is 2.51. The number of carboxylic acids is 1. The molecule has 1 aromatic rings. The number of hydrogen-bond acceptors (Lipinski definition) is 3. The molecule has 1 aromatic heterocycles. The quantitative estimate of drug-likeness (QED) is 0.922. The van der Waals surface area contributed by atoms with Crippen LogP contribution in [-0.2, 0) is 17.6 Å². The van der Waals surface area contributed by atoms with Gasteiger partial charge >= 0.3 is 5.97 Å². The number of carbonyl (C=O) groups is 2. The summed E-state index contributed by atoms with van der Waals surface area (Å²) in [6.45, 7) is 5.34. The lowest BCUT2D eigenvalue weighted by atomic mass is 9.88. The first kappa shape index (κ1) is 14.1. The van der Waals surface area contributed by atoms with E-state index < -0.39 is 5.97 Å². The highest BCUT2D eigenvalue weighted by Gasteiger charge is 2.27. The van der Waals surface area contributed by atoms with Crippen LogP contribution in [0.25, 0.3) is 0 Å². The molecule has 104 valence electrons. The van der Waals surface area contributed by atoms with Crippen molar-refractivity contribution < 1.29 is 14.7 Å². The Hall–Kier alpha value is -1.36. The van der Waals surface area contributed by atoms with Gasteiger partial charge in [-0.15, -0.1) is 11.3 Å². The summed E-state index contributed by atoms with van der Waals surface area (Å²) in [4.78, 5) is 27.0. The van der Waals surface area contributed by atoms with Crippen LogP contribution in [-0.4, -0.2) is 35.0 Å². The molecule has 0 bridgehead atoms. The van der Waals surface area contributed by atoms with Crippen molar-refractivity contribution in [2.75, 3.05) is 13.1 Å². The highest BCUT2D eigenvalue weighted by Crippen LogP contribution is 2.33. The Kier molecular flexibility index (Phi) is 4.24. The third-order valence-electron chi connectivity index (χ3n) is 3.69. The summed E-state index contributed by atoms with van der Waals surface area (Å²) in [5.41, 5.74) is 1.05. The van der Waals surface area contributed by atoms with Crippen molar-refractivity contribution in [3.05, 3.63) is 21.4 Å². The zero-order chi connectivity index (χ0) is 14.0. The van der Waals surface area contributed by atoms with E-state index in [1.54, 1.807) is 4.90 Å². The van der Waals surface area contributed by atoms with Crippen molar-refractivity contribution in [1.82, 2.24) is 4.90 Å². The molecule has 0 saturated heterocycles. The number of amides is 1. The van der Waals surface area contributed by atoms with Crippen LogP contribution < -0.4 is 0 Å². The normalized spacial score (nSPS) is 17.9. The van der Waals surface area contributed by atoms with Gasteiger partial charge in [0.2, 0.25) is 0 Å². The van der Waals surface area contributed by atoms with E-state index in [0.29, 0.717) is 25.9 Å². The molecule has 2 rings (SSSR count). The fourth-order valence-corrected chi connectivity index (χ4v) is 3.68. The van der Waals surface area contributed by atoms with Crippen LogP contribution in [0.3, 0.4) is 0 Å². The molecule has 0 fully saturated rings. The summed E-state index contributed by atoms with van der Waals surface area (Å²) < 4.78 is 0. The van der Waals surface area contributed by atoms with Gasteiger partial charge in [-0.1, -0.05) is 0 Å². The number of hydrogen-bond donors (Lipinski definition) is 1. The number of rotatable bonds is 4. The van der Waals surface area contributed by atoms with E-state index in [2.05, 4.69) is 0 Å². The predicted octanol–water partition coefficient (Wildman–Crippen LogP) is 2.42. The van der Waals surface area contributed by atoms with Crippen LogP contribution in [0.5, 0.6) is 0 Å².